The first-order chi connectivity index (χ1) is 10.1. The molecule has 1 amide bonds. The number of hydrogen-bond donors (Lipinski definition) is 1. The van der Waals surface area contributed by atoms with Gasteiger partial charge in [0, 0.05) is 18.8 Å². The summed E-state index contributed by atoms with van der Waals surface area (Å²) in [7, 11) is 0. The minimum absolute atomic E-state index is 0.120. The predicted octanol–water partition coefficient (Wildman–Crippen LogP) is 2.66. The highest BCUT2D eigenvalue weighted by Gasteiger charge is 2.25. The number of pyridine rings is 1. The van der Waals surface area contributed by atoms with Gasteiger partial charge in [0.15, 0.2) is 0 Å². The van der Waals surface area contributed by atoms with E-state index in [-0.39, 0.29) is 11.5 Å². The number of carboxylic acid groups (broad SMARTS) is 1. The molecule has 114 valence electrons. The molecule has 2 rings (SSSR count). The molecule has 1 aromatic rings. The fraction of sp³-hybridized carbons (Fsp3) is 0.533. The molecular formula is C15H20N2O3S. The molecule has 1 saturated heterocycles. The number of hydrogen-bond acceptors (Lipinski definition) is 4. The van der Waals surface area contributed by atoms with Crippen LogP contribution in [0.1, 0.15) is 43.0 Å². The molecule has 1 aliphatic heterocycles. The van der Waals surface area contributed by atoms with Gasteiger partial charge >= 0.3 is 5.97 Å². The molecule has 0 spiro atoms. The fourth-order valence-electron chi connectivity index (χ4n) is 2.59. The van der Waals surface area contributed by atoms with Crippen LogP contribution in [0.2, 0.25) is 0 Å². The van der Waals surface area contributed by atoms with Crippen LogP contribution < -0.4 is 0 Å². The van der Waals surface area contributed by atoms with Gasteiger partial charge in [-0.3, -0.25) is 4.79 Å². The van der Waals surface area contributed by atoms with E-state index in [1.165, 1.54) is 36.5 Å². The van der Waals surface area contributed by atoms with Gasteiger partial charge < -0.3 is 10.0 Å². The zero-order valence-corrected chi connectivity index (χ0v) is 12.9. The maximum absolute atomic E-state index is 12.3. The summed E-state index contributed by atoms with van der Waals surface area (Å²) in [6.45, 7) is 2.95. The van der Waals surface area contributed by atoms with Crippen molar-refractivity contribution < 1.29 is 14.7 Å². The Morgan fingerprint density at radius 3 is 3.00 bits per heavy atom. The van der Waals surface area contributed by atoms with Crippen molar-refractivity contribution in [1.82, 2.24) is 9.88 Å². The van der Waals surface area contributed by atoms with Gasteiger partial charge in [0.05, 0.1) is 16.3 Å². The molecule has 2 heterocycles. The Kier molecular flexibility index (Phi) is 5.61. The van der Waals surface area contributed by atoms with Gasteiger partial charge in [0.2, 0.25) is 5.91 Å². The second-order valence-electron chi connectivity index (χ2n) is 5.12. The summed E-state index contributed by atoms with van der Waals surface area (Å²) < 4.78 is 0. The van der Waals surface area contributed by atoms with Gasteiger partial charge in [-0.2, -0.15) is 0 Å². The Morgan fingerprint density at radius 1 is 1.48 bits per heavy atom. The average Bonchev–Trinajstić information content (AvgIpc) is 2.52. The van der Waals surface area contributed by atoms with Crippen LogP contribution in [-0.4, -0.2) is 45.2 Å². The van der Waals surface area contributed by atoms with E-state index in [9.17, 15) is 9.59 Å². The van der Waals surface area contributed by atoms with Crippen LogP contribution in [0.3, 0.4) is 0 Å². The number of piperidine rings is 1. The molecule has 0 aromatic carbocycles. The van der Waals surface area contributed by atoms with Crippen LogP contribution in [0.25, 0.3) is 0 Å². The molecule has 0 radical (unpaired) electrons. The van der Waals surface area contributed by atoms with E-state index in [0.717, 1.165) is 25.8 Å². The lowest BCUT2D eigenvalue weighted by atomic mass is 10.0. The molecule has 1 aromatic heterocycles. The first-order valence-electron chi connectivity index (χ1n) is 7.23. The van der Waals surface area contributed by atoms with E-state index >= 15 is 0 Å². The number of nitrogens with zero attached hydrogens (tertiary/aromatic N) is 2. The van der Waals surface area contributed by atoms with Crippen molar-refractivity contribution in [3.05, 3.63) is 23.9 Å². The van der Waals surface area contributed by atoms with Crippen LogP contribution in [0.5, 0.6) is 0 Å². The molecule has 21 heavy (non-hydrogen) atoms. The smallest absolute Gasteiger partial charge is 0.335 e. The number of thioether (sulfide) groups is 1. The Balaban J connectivity index is 1.94. The van der Waals surface area contributed by atoms with Crippen LogP contribution in [0.15, 0.2) is 23.4 Å². The number of amides is 1. The highest BCUT2D eigenvalue weighted by atomic mass is 32.2. The van der Waals surface area contributed by atoms with Crippen molar-refractivity contribution in [2.75, 3.05) is 12.3 Å². The standard InChI is InChI=1S/C15H20N2O3S/c1-2-12-5-3-4-8-17(12)14(18)10-21-13-9-11(15(19)20)6-7-16-13/h6-7,9,12H,2-5,8,10H2,1H3,(H,19,20). The lowest BCUT2D eigenvalue weighted by molar-refractivity contribution is -0.132. The molecule has 1 fully saturated rings. The first kappa shape index (κ1) is 15.8. The van der Waals surface area contributed by atoms with Crippen molar-refractivity contribution in [1.29, 1.82) is 0 Å². The zero-order valence-electron chi connectivity index (χ0n) is 12.1. The van der Waals surface area contributed by atoms with Gasteiger partial charge in [-0.25, -0.2) is 9.78 Å². The van der Waals surface area contributed by atoms with Gasteiger partial charge in [0.25, 0.3) is 0 Å². The lowest BCUT2D eigenvalue weighted by Gasteiger charge is -2.35. The third kappa shape index (κ3) is 4.20. The number of aromatic carboxylic acids is 1. The van der Waals surface area contributed by atoms with Crippen LogP contribution in [-0.2, 0) is 4.79 Å². The molecule has 1 unspecified atom stereocenters. The lowest BCUT2D eigenvalue weighted by Crippen LogP contribution is -2.44. The maximum Gasteiger partial charge on any atom is 0.335 e. The number of carbonyl (C=O) groups is 2. The summed E-state index contributed by atoms with van der Waals surface area (Å²) in [6, 6.07) is 3.31. The molecule has 5 nitrogen and oxygen atoms in total. The van der Waals surface area contributed by atoms with E-state index in [0.29, 0.717) is 16.8 Å². The molecular weight excluding hydrogens is 288 g/mol. The molecule has 0 saturated carbocycles. The molecule has 6 heteroatoms. The van der Waals surface area contributed by atoms with Crippen molar-refractivity contribution in [2.45, 2.75) is 43.7 Å². The van der Waals surface area contributed by atoms with Gasteiger partial charge in [0.1, 0.15) is 0 Å². The monoisotopic (exact) mass is 308 g/mol. The van der Waals surface area contributed by atoms with Gasteiger partial charge in [-0.15, -0.1) is 0 Å². The van der Waals surface area contributed by atoms with E-state index in [4.69, 9.17) is 5.11 Å². The Morgan fingerprint density at radius 2 is 2.29 bits per heavy atom. The summed E-state index contributed by atoms with van der Waals surface area (Å²) in [5, 5.41) is 9.52. The number of likely N-dealkylation sites (tertiary alicyclic amines) is 1. The van der Waals surface area contributed by atoms with Gasteiger partial charge in [-0.05, 0) is 37.8 Å². The first-order valence-corrected chi connectivity index (χ1v) is 8.22. The molecule has 0 aliphatic carbocycles. The van der Waals surface area contributed by atoms with Gasteiger partial charge in [-0.1, -0.05) is 18.7 Å². The second-order valence-corrected chi connectivity index (χ2v) is 6.12. The SMILES string of the molecule is CCC1CCCCN1C(=O)CSc1cc(C(=O)O)ccn1. The Labute approximate surface area is 128 Å². The van der Waals surface area contributed by atoms with E-state index in [2.05, 4.69) is 11.9 Å². The maximum atomic E-state index is 12.3. The number of carbonyl (C=O) groups excluding carboxylic acids is 1. The van der Waals surface area contributed by atoms with E-state index in [1.807, 2.05) is 4.90 Å². The quantitative estimate of drug-likeness (QED) is 0.847. The van der Waals surface area contributed by atoms with Crippen molar-refractivity contribution in [3.63, 3.8) is 0 Å². The highest BCUT2D eigenvalue weighted by Crippen LogP contribution is 2.22. The zero-order chi connectivity index (χ0) is 15.2. The summed E-state index contributed by atoms with van der Waals surface area (Å²) in [5.74, 6) is -0.547. The van der Waals surface area contributed by atoms with Crippen LogP contribution in [0, 0.1) is 0 Å². The summed E-state index contributed by atoms with van der Waals surface area (Å²) in [5.41, 5.74) is 0.198. The minimum Gasteiger partial charge on any atom is -0.478 e. The third-order valence-electron chi connectivity index (χ3n) is 3.74. The fourth-order valence-corrected chi connectivity index (χ4v) is 3.38. The average molecular weight is 308 g/mol. The normalized spacial score (nSPS) is 18.5. The molecule has 1 N–H and O–H groups in total. The summed E-state index contributed by atoms with van der Waals surface area (Å²) in [6.07, 6.45) is 5.80. The molecule has 0 bridgehead atoms. The van der Waals surface area contributed by atoms with E-state index < -0.39 is 5.97 Å². The van der Waals surface area contributed by atoms with Crippen LogP contribution >= 0.6 is 11.8 Å². The van der Waals surface area contributed by atoms with E-state index in [1.54, 1.807) is 0 Å². The predicted molar refractivity (Wildman–Crippen MR) is 81.6 cm³/mol. The van der Waals surface area contributed by atoms with Crippen LogP contribution in [0.4, 0.5) is 0 Å². The Hall–Kier alpha value is -1.56. The van der Waals surface area contributed by atoms with Crippen molar-refractivity contribution in [3.8, 4) is 0 Å². The highest BCUT2D eigenvalue weighted by molar-refractivity contribution is 7.99. The second kappa shape index (κ2) is 7.45. The number of rotatable bonds is 5. The molecule has 1 atom stereocenters. The number of aromatic nitrogens is 1. The Bertz CT molecular complexity index is 521. The third-order valence-corrected chi connectivity index (χ3v) is 4.65. The van der Waals surface area contributed by atoms with Crippen molar-refractivity contribution >= 4 is 23.6 Å². The largest absolute Gasteiger partial charge is 0.478 e. The minimum atomic E-state index is -0.979. The number of carboxylic acids is 1. The van der Waals surface area contributed by atoms with Crippen molar-refractivity contribution in [2.24, 2.45) is 0 Å². The molecule has 1 aliphatic rings. The topological polar surface area (TPSA) is 70.5 Å². The summed E-state index contributed by atoms with van der Waals surface area (Å²) in [4.78, 5) is 29.3. The summed E-state index contributed by atoms with van der Waals surface area (Å²) >= 11 is 1.30.